The summed E-state index contributed by atoms with van der Waals surface area (Å²) in [7, 11) is 0. The van der Waals surface area contributed by atoms with Crippen molar-refractivity contribution in [1.82, 2.24) is 5.32 Å². The minimum atomic E-state index is -0.750. The Morgan fingerprint density at radius 2 is 2.39 bits per heavy atom. The third-order valence-electron chi connectivity index (χ3n) is 3.25. The number of nitrogens with one attached hydrogen (secondary N) is 1. The Morgan fingerprint density at radius 1 is 1.61 bits per heavy atom. The zero-order valence-electron chi connectivity index (χ0n) is 10.3. The molecule has 0 aliphatic carbocycles. The van der Waals surface area contributed by atoms with Crippen LogP contribution in [0.4, 0.5) is 5.69 Å². The molecule has 98 valence electrons. The highest BCUT2D eigenvalue weighted by Gasteiger charge is 2.24. The van der Waals surface area contributed by atoms with Gasteiger partial charge in [-0.1, -0.05) is 22.0 Å². The quantitative estimate of drug-likeness (QED) is 0.896. The number of carboxylic acid groups (broad SMARTS) is 1. The average Bonchev–Trinajstić information content (AvgIpc) is 2.33. The van der Waals surface area contributed by atoms with Gasteiger partial charge in [0.1, 0.15) is 0 Å². The molecule has 1 aromatic rings. The molecule has 0 spiro atoms. The molecule has 1 aromatic carbocycles. The Hall–Kier alpha value is -1.07. The third-order valence-corrected chi connectivity index (χ3v) is 4.10. The zero-order chi connectivity index (χ0) is 13.1. The number of carboxylic acids is 1. The molecule has 0 saturated carbocycles. The molecule has 2 N–H and O–H groups in total. The standard InChI is InChI=1S/C13H17BrN2O2/c1-9-2-3-10(6-12(9)14)16-5-4-15-8-11(16)7-13(17)18/h2-3,6,11,15H,4-5,7-8H2,1H3,(H,17,18). The number of piperazine rings is 1. The number of nitrogens with zero attached hydrogens (tertiary/aromatic N) is 1. The van der Waals surface area contributed by atoms with Crippen molar-refractivity contribution in [3.8, 4) is 0 Å². The van der Waals surface area contributed by atoms with Crippen LogP contribution in [0.5, 0.6) is 0 Å². The molecular formula is C13H17BrN2O2. The lowest BCUT2D eigenvalue weighted by Crippen LogP contribution is -2.52. The Kier molecular flexibility index (Phi) is 4.24. The smallest absolute Gasteiger partial charge is 0.305 e. The predicted octanol–water partition coefficient (Wildman–Crippen LogP) is 2.01. The molecule has 1 unspecified atom stereocenters. The molecule has 0 bridgehead atoms. The van der Waals surface area contributed by atoms with Crippen molar-refractivity contribution in [2.75, 3.05) is 24.5 Å². The third kappa shape index (κ3) is 3.03. The molecule has 18 heavy (non-hydrogen) atoms. The molecule has 0 aromatic heterocycles. The summed E-state index contributed by atoms with van der Waals surface area (Å²) in [5, 5.41) is 12.2. The van der Waals surface area contributed by atoms with Crippen LogP contribution in [0, 0.1) is 6.92 Å². The predicted molar refractivity (Wildman–Crippen MR) is 75.1 cm³/mol. The fourth-order valence-corrected chi connectivity index (χ4v) is 2.61. The Morgan fingerprint density at radius 3 is 3.06 bits per heavy atom. The first kappa shape index (κ1) is 13.4. The van der Waals surface area contributed by atoms with Gasteiger partial charge in [0.2, 0.25) is 0 Å². The maximum absolute atomic E-state index is 10.9. The lowest BCUT2D eigenvalue weighted by molar-refractivity contribution is -0.137. The SMILES string of the molecule is Cc1ccc(N2CCNCC2CC(=O)O)cc1Br. The molecule has 1 fully saturated rings. The minimum absolute atomic E-state index is 0.0193. The number of benzene rings is 1. The van der Waals surface area contributed by atoms with Gasteiger partial charge in [0.25, 0.3) is 0 Å². The Labute approximate surface area is 115 Å². The first-order valence-electron chi connectivity index (χ1n) is 6.03. The van der Waals surface area contributed by atoms with E-state index in [0.717, 1.165) is 29.8 Å². The number of hydrogen-bond donors (Lipinski definition) is 2. The van der Waals surface area contributed by atoms with Crippen LogP contribution in [0.3, 0.4) is 0 Å². The van der Waals surface area contributed by atoms with Gasteiger partial charge in [-0.25, -0.2) is 0 Å². The summed E-state index contributed by atoms with van der Waals surface area (Å²) in [6, 6.07) is 6.19. The van der Waals surface area contributed by atoms with E-state index >= 15 is 0 Å². The monoisotopic (exact) mass is 312 g/mol. The van der Waals surface area contributed by atoms with Crippen LogP contribution in [0.15, 0.2) is 22.7 Å². The van der Waals surface area contributed by atoms with E-state index in [-0.39, 0.29) is 12.5 Å². The van der Waals surface area contributed by atoms with Gasteiger partial charge in [-0.05, 0) is 24.6 Å². The van der Waals surface area contributed by atoms with Gasteiger partial charge in [0.15, 0.2) is 0 Å². The Balaban J connectivity index is 2.22. The van der Waals surface area contributed by atoms with Crippen LogP contribution in [0.2, 0.25) is 0 Å². The van der Waals surface area contributed by atoms with Gasteiger partial charge in [-0.15, -0.1) is 0 Å². The van der Waals surface area contributed by atoms with Gasteiger partial charge in [-0.2, -0.15) is 0 Å². The van der Waals surface area contributed by atoms with Crippen molar-refractivity contribution in [3.05, 3.63) is 28.2 Å². The highest BCUT2D eigenvalue weighted by atomic mass is 79.9. The van der Waals surface area contributed by atoms with E-state index in [1.165, 1.54) is 5.56 Å². The number of aryl methyl sites for hydroxylation is 1. The number of carbonyl (C=O) groups is 1. The van der Waals surface area contributed by atoms with Crippen molar-refractivity contribution in [2.24, 2.45) is 0 Å². The highest BCUT2D eigenvalue weighted by molar-refractivity contribution is 9.10. The minimum Gasteiger partial charge on any atom is -0.481 e. The normalized spacial score (nSPS) is 19.9. The molecule has 4 nitrogen and oxygen atoms in total. The van der Waals surface area contributed by atoms with E-state index in [9.17, 15) is 4.79 Å². The van der Waals surface area contributed by atoms with Gasteiger partial charge >= 0.3 is 5.97 Å². The molecule has 5 heteroatoms. The van der Waals surface area contributed by atoms with Gasteiger partial charge in [-0.3, -0.25) is 4.79 Å². The molecule has 0 amide bonds. The average molecular weight is 313 g/mol. The van der Waals surface area contributed by atoms with Crippen molar-refractivity contribution in [3.63, 3.8) is 0 Å². The summed E-state index contributed by atoms with van der Waals surface area (Å²) < 4.78 is 1.06. The second-order valence-electron chi connectivity index (χ2n) is 4.58. The number of halogens is 1. The molecule has 0 radical (unpaired) electrons. The van der Waals surface area contributed by atoms with Crippen LogP contribution in [0.25, 0.3) is 0 Å². The van der Waals surface area contributed by atoms with Crippen molar-refractivity contribution in [1.29, 1.82) is 0 Å². The fraction of sp³-hybridized carbons (Fsp3) is 0.462. The summed E-state index contributed by atoms with van der Waals surface area (Å²) in [5.74, 6) is -0.750. The first-order valence-corrected chi connectivity index (χ1v) is 6.82. The fourth-order valence-electron chi connectivity index (χ4n) is 2.25. The van der Waals surface area contributed by atoms with E-state index in [0.29, 0.717) is 0 Å². The highest BCUT2D eigenvalue weighted by Crippen LogP contribution is 2.26. The van der Waals surface area contributed by atoms with Crippen LogP contribution in [0.1, 0.15) is 12.0 Å². The van der Waals surface area contributed by atoms with Crippen LogP contribution >= 0.6 is 15.9 Å². The molecular weight excluding hydrogens is 296 g/mol. The lowest BCUT2D eigenvalue weighted by Gasteiger charge is -2.37. The molecule has 1 atom stereocenters. The van der Waals surface area contributed by atoms with Gasteiger partial charge in [0.05, 0.1) is 12.5 Å². The van der Waals surface area contributed by atoms with E-state index in [4.69, 9.17) is 5.11 Å². The van der Waals surface area contributed by atoms with E-state index < -0.39 is 5.97 Å². The van der Waals surface area contributed by atoms with Crippen LogP contribution < -0.4 is 10.2 Å². The number of anilines is 1. The summed E-state index contributed by atoms with van der Waals surface area (Å²) in [4.78, 5) is 13.1. The number of hydrogen-bond acceptors (Lipinski definition) is 3. The van der Waals surface area contributed by atoms with E-state index in [1.54, 1.807) is 0 Å². The maximum atomic E-state index is 10.9. The summed E-state index contributed by atoms with van der Waals surface area (Å²) >= 11 is 3.52. The van der Waals surface area contributed by atoms with Crippen LogP contribution in [-0.4, -0.2) is 36.8 Å². The number of aliphatic carboxylic acids is 1. The molecule has 1 aliphatic rings. The lowest BCUT2D eigenvalue weighted by atomic mass is 10.1. The molecule has 2 rings (SSSR count). The first-order chi connectivity index (χ1) is 8.58. The largest absolute Gasteiger partial charge is 0.481 e. The second kappa shape index (κ2) is 5.71. The van der Waals surface area contributed by atoms with Gasteiger partial charge < -0.3 is 15.3 Å². The summed E-state index contributed by atoms with van der Waals surface area (Å²) in [6.07, 6.45) is 0.165. The molecule has 1 saturated heterocycles. The van der Waals surface area contributed by atoms with E-state index in [1.807, 2.05) is 6.92 Å². The van der Waals surface area contributed by atoms with E-state index in [2.05, 4.69) is 44.3 Å². The van der Waals surface area contributed by atoms with Crippen molar-refractivity contribution in [2.45, 2.75) is 19.4 Å². The topological polar surface area (TPSA) is 52.6 Å². The van der Waals surface area contributed by atoms with Crippen LogP contribution in [-0.2, 0) is 4.79 Å². The van der Waals surface area contributed by atoms with Crippen molar-refractivity contribution < 1.29 is 9.90 Å². The second-order valence-corrected chi connectivity index (χ2v) is 5.44. The molecule has 1 heterocycles. The maximum Gasteiger partial charge on any atom is 0.305 e. The summed E-state index contributed by atoms with van der Waals surface area (Å²) in [6.45, 7) is 4.49. The Bertz CT molecular complexity index is 451. The van der Waals surface area contributed by atoms with Crippen molar-refractivity contribution >= 4 is 27.6 Å². The zero-order valence-corrected chi connectivity index (χ0v) is 11.9. The number of rotatable bonds is 3. The molecule has 1 aliphatic heterocycles. The summed E-state index contributed by atoms with van der Waals surface area (Å²) in [5.41, 5.74) is 2.27. The van der Waals surface area contributed by atoms with Gasteiger partial charge in [0, 0.05) is 29.8 Å².